The van der Waals surface area contributed by atoms with Crippen LogP contribution in [0.3, 0.4) is 0 Å². The molecule has 2 aromatic heterocycles. The maximum atomic E-state index is 12.6. The Balaban J connectivity index is 1.32. The molecule has 4 amide bonds. The summed E-state index contributed by atoms with van der Waals surface area (Å²) in [5.74, 6) is -0.778. The fourth-order valence-corrected chi connectivity index (χ4v) is 3.85. The van der Waals surface area contributed by atoms with Gasteiger partial charge >= 0.3 is 6.03 Å². The van der Waals surface area contributed by atoms with E-state index in [4.69, 9.17) is 0 Å². The van der Waals surface area contributed by atoms with Crippen molar-refractivity contribution in [3.05, 3.63) is 65.7 Å². The highest BCUT2D eigenvalue weighted by molar-refractivity contribution is 7.14. The molecule has 0 aliphatic carbocycles. The van der Waals surface area contributed by atoms with Crippen molar-refractivity contribution in [2.75, 3.05) is 11.9 Å². The summed E-state index contributed by atoms with van der Waals surface area (Å²) in [5, 5.41) is 7.49. The lowest BCUT2D eigenvalue weighted by Crippen LogP contribution is -2.34. The lowest BCUT2D eigenvalue weighted by molar-refractivity contribution is -0.129. The summed E-state index contributed by atoms with van der Waals surface area (Å²) in [5.41, 5.74) is 2.40. The number of hydrogen-bond donors (Lipinski definition) is 2. The van der Waals surface area contributed by atoms with E-state index in [-0.39, 0.29) is 24.8 Å². The van der Waals surface area contributed by atoms with Gasteiger partial charge in [-0.1, -0.05) is 36.4 Å². The molecule has 1 atom stereocenters. The van der Waals surface area contributed by atoms with Gasteiger partial charge in [0.1, 0.15) is 11.7 Å². The minimum absolute atomic E-state index is 0.148. The number of carbonyl (C=O) groups excluding carboxylic acids is 3. The van der Waals surface area contributed by atoms with Gasteiger partial charge in [0.15, 0.2) is 5.13 Å². The number of hydrogen-bond acceptors (Lipinski definition) is 6. The molecule has 3 aromatic rings. The SMILES string of the molecule is O=C(CC1NC(=O)N(CCc2ccccc2)C1=O)Nc1nc(-c2ccccn2)cs1. The number of nitrogens with one attached hydrogen (secondary N) is 2. The number of aromatic nitrogens is 2. The molecule has 0 saturated carbocycles. The van der Waals surface area contributed by atoms with Crippen molar-refractivity contribution < 1.29 is 14.4 Å². The van der Waals surface area contributed by atoms with Crippen molar-refractivity contribution in [1.29, 1.82) is 0 Å². The number of amides is 4. The second-order valence-electron chi connectivity index (χ2n) is 6.73. The molecule has 152 valence electrons. The smallest absolute Gasteiger partial charge is 0.324 e. The quantitative estimate of drug-likeness (QED) is 0.571. The minimum atomic E-state index is -0.872. The minimum Gasteiger partial charge on any atom is -0.325 e. The molecule has 4 rings (SSSR count). The van der Waals surface area contributed by atoms with Gasteiger partial charge in [-0.2, -0.15) is 0 Å². The standard InChI is InChI=1S/C21H19N5O3S/c27-18(25-20-23-17(13-30-20)15-8-4-5-10-22-15)12-16-19(28)26(21(29)24-16)11-9-14-6-2-1-3-7-14/h1-8,10,13,16H,9,11-12H2,(H,24,29)(H,23,25,27). The van der Waals surface area contributed by atoms with Crippen molar-refractivity contribution in [1.82, 2.24) is 20.2 Å². The fraction of sp³-hybridized carbons (Fsp3) is 0.190. The van der Waals surface area contributed by atoms with Crippen molar-refractivity contribution in [2.45, 2.75) is 18.9 Å². The molecule has 1 aromatic carbocycles. The molecule has 1 unspecified atom stereocenters. The van der Waals surface area contributed by atoms with E-state index in [1.165, 1.54) is 11.3 Å². The van der Waals surface area contributed by atoms with Crippen LogP contribution in [0.5, 0.6) is 0 Å². The molecule has 8 nitrogen and oxygen atoms in total. The molecular formula is C21H19N5O3S. The van der Waals surface area contributed by atoms with E-state index in [0.717, 1.165) is 10.5 Å². The zero-order valence-corrected chi connectivity index (χ0v) is 16.8. The highest BCUT2D eigenvalue weighted by Crippen LogP contribution is 2.23. The van der Waals surface area contributed by atoms with Crippen molar-refractivity contribution in [3.63, 3.8) is 0 Å². The molecular weight excluding hydrogens is 402 g/mol. The Kier molecular flexibility index (Phi) is 5.80. The Morgan fingerprint density at radius 3 is 2.67 bits per heavy atom. The van der Waals surface area contributed by atoms with E-state index in [0.29, 0.717) is 22.9 Å². The second kappa shape index (κ2) is 8.83. The van der Waals surface area contributed by atoms with E-state index in [2.05, 4.69) is 20.6 Å². The Morgan fingerprint density at radius 2 is 1.90 bits per heavy atom. The third-order valence-electron chi connectivity index (χ3n) is 4.64. The van der Waals surface area contributed by atoms with Crippen LogP contribution in [0.4, 0.5) is 9.93 Å². The number of thiazole rings is 1. The van der Waals surface area contributed by atoms with E-state index < -0.39 is 12.1 Å². The predicted octanol–water partition coefficient (Wildman–Crippen LogP) is 2.70. The van der Waals surface area contributed by atoms with Crippen LogP contribution in [0.15, 0.2) is 60.1 Å². The van der Waals surface area contributed by atoms with Crippen LogP contribution in [0, 0.1) is 0 Å². The Bertz CT molecular complexity index is 1050. The van der Waals surface area contributed by atoms with Crippen LogP contribution in [0.1, 0.15) is 12.0 Å². The summed E-state index contributed by atoms with van der Waals surface area (Å²) in [7, 11) is 0. The zero-order chi connectivity index (χ0) is 20.9. The normalized spacial score (nSPS) is 15.9. The number of anilines is 1. The van der Waals surface area contributed by atoms with Crippen molar-refractivity contribution in [2.24, 2.45) is 0 Å². The maximum absolute atomic E-state index is 12.6. The Morgan fingerprint density at radius 1 is 1.10 bits per heavy atom. The monoisotopic (exact) mass is 421 g/mol. The van der Waals surface area contributed by atoms with Crippen LogP contribution in [0.2, 0.25) is 0 Å². The van der Waals surface area contributed by atoms with E-state index in [1.807, 2.05) is 48.5 Å². The lowest BCUT2D eigenvalue weighted by Gasteiger charge is -2.12. The summed E-state index contributed by atoms with van der Waals surface area (Å²) in [6, 6.07) is 13.8. The van der Waals surface area contributed by atoms with Crippen LogP contribution < -0.4 is 10.6 Å². The molecule has 30 heavy (non-hydrogen) atoms. The van der Waals surface area contributed by atoms with Crippen LogP contribution in [0.25, 0.3) is 11.4 Å². The number of nitrogens with zero attached hydrogens (tertiary/aromatic N) is 3. The molecule has 9 heteroatoms. The summed E-state index contributed by atoms with van der Waals surface area (Å²) >= 11 is 1.27. The van der Waals surface area contributed by atoms with Gasteiger partial charge in [-0.15, -0.1) is 11.3 Å². The second-order valence-corrected chi connectivity index (χ2v) is 7.59. The van der Waals surface area contributed by atoms with Crippen LogP contribution in [-0.2, 0) is 16.0 Å². The highest BCUT2D eigenvalue weighted by Gasteiger charge is 2.38. The van der Waals surface area contributed by atoms with Gasteiger partial charge in [0.2, 0.25) is 5.91 Å². The molecule has 1 fully saturated rings. The van der Waals surface area contributed by atoms with Gasteiger partial charge in [0.05, 0.1) is 12.1 Å². The van der Waals surface area contributed by atoms with E-state index in [9.17, 15) is 14.4 Å². The molecule has 3 heterocycles. The summed E-state index contributed by atoms with van der Waals surface area (Å²) in [6.07, 6.45) is 2.09. The van der Waals surface area contributed by atoms with Crippen LogP contribution >= 0.6 is 11.3 Å². The summed E-state index contributed by atoms with van der Waals surface area (Å²) in [4.78, 5) is 46.8. The van der Waals surface area contributed by atoms with E-state index >= 15 is 0 Å². The van der Waals surface area contributed by atoms with Crippen molar-refractivity contribution in [3.8, 4) is 11.4 Å². The lowest BCUT2D eigenvalue weighted by atomic mass is 10.1. The molecule has 1 aliphatic rings. The first-order chi connectivity index (χ1) is 14.6. The van der Waals surface area contributed by atoms with E-state index in [1.54, 1.807) is 11.6 Å². The molecule has 0 bridgehead atoms. The summed E-state index contributed by atoms with van der Waals surface area (Å²) in [6.45, 7) is 0.271. The topological polar surface area (TPSA) is 104 Å². The number of pyridine rings is 1. The van der Waals surface area contributed by atoms with Gasteiger partial charge in [-0.3, -0.25) is 19.5 Å². The largest absolute Gasteiger partial charge is 0.325 e. The predicted molar refractivity (Wildman–Crippen MR) is 113 cm³/mol. The van der Waals surface area contributed by atoms with Gasteiger partial charge in [0, 0.05) is 18.1 Å². The number of imide groups is 1. The molecule has 0 radical (unpaired) electrons. The fourth-order valence-electron chi connectivity index (χ4n) is 3.13. The molecule has 1 aliphatic heterocycles. The number of carbonyl (C=O) groups is 3. The molecule has 0 spiro atoms. The Hall–Kier alpha value is -3.59. The third kappa shape index (κ3) is 4.52. The maximum Gasteiger partial charge on any atom is 0.324 e. The average Bonchev–Trinajstić information content (AvgIpc) is 3.32. The first-order valence-corrected chi connectivity index (χ1v) is 10.3. The van der Waals surface area contributed by atoms with Gasteiger partial charge in [-0.25, -0.2) is 9.78 Å². The molecule has 1 saturated heterocycles. The first kappa shape index (κ1) is 19.7. The van der Waals surface area contributed by atoms with Crippen LogP contribution in [-0.4, -0.2) is 45.3 Å². The first-order valence-electron chi connectivity index (χ1n) is 9.43. The summed E-state index contributed by atoms with van der Waals surface area (Å²) < 4.78 is 0. The highest BCUT2D eigenvalue weighted by atomic mass is 32.1. The van der Waals surface area contributed by atoms with Gasteiger partial charge in [-0.05, 0) is 24.1 Å². The number of rotatable bonds is 7. The van der Waals surface area contributed by atoms with Gasteiger partial charge in [0.25, 0.3) is 5.91 Å². The zero-order valence-electron chi connectivity index (χ0n) is 15.9. The average molecular weight is 421 g/mol. The number of benzene rings is 1. The van der Waals surface area contributed by atoms with Gasteiger partial charge < -0.3 is 10.6 Å². The third-order valence-corrected chi connectivity index (χ3v) is 5.40. The van der Waals surface area contributed by atoms with Crippen molar-refractivity contribution >= 4 is 34.3 Å². The number of urea groups is 1. The Labute approximate surface area is 177 Å². The molecule has 2 N–H and O–H groups in total.